The van der Waals surface area contributed by atoms with Gasteiger partial charge in [-0.2, -0.15) is 0 Å². The molecule has 9 rings (SSSR count). The van der Waals surface area contributed by atoms with Crippen LogP contribution in [0.1, 0.15) is 26.3 Å². The van der Waals surface area contributed by atoms with Crippen molar-refractivity contribution in [2.24, 2.45) is 0 Å². The van der Waals surface area contributed by atoms with Crippen LogP contribution in [0.5, 0.6) is 0 Å². The van der Waals surface area contributed by atoms with E-state index in [1.165, 1.54) is 5.56 Å². The maximum absolute atomic E-state index is 6.63. The number of fused-ring (bicyclic) bond motifs is 6. The largest absolute Gasteiger partial charge is 0.500 e. The second kappa shape index (κ2) is 13.2. The normalized spacial score (nSPS) is 11.4. The van der Waals surface area contributed by atoms with Crippen molar-refractivity contribution in [1.82, 2.24) is 19.5 Å². The molecule has 0 aliphatic carbocycles. The Kier molecular flexibility index (Phi) is 8.68. The first-order valence-electron chi connectivity index (χ1n) is 16.0. The van der Waals surface area contributed by atoms with E-state index in [9.17, 15) is 0 Å². The Morgan fingerprint density at radius 1 is 0.633 bits per heavy atom. The zero-order valence-electron chi connectivity index (χ0n) is 27.3. The summed E-state index contributed by atoms with van der Waals surface area (Å²) >= 11 is 0. The van der Waals surface area contributed by atoms with Crippen molar-refractivity contribution in [2.45, 2.75) is 26.2 Å². The zero-order chi connectivity index (χ0) is 32.7. The van der Waals surface area contributed by atoms with Crippen molar-refractivity contribution >= 4 is 43.9 Å². The number of pyridine rings is 2. The van der Waals surface area contributed by atoms with E-state index in [2.05, 4.69) is 120 Å². The molecule has 0 aliphatic heterocycles. The first-order valence-corrected chi connectivity index (χ1v) is 16.0. The Morgan fingerprint density at radius 2 is 1.41 bits per heavy atom. The minimum absolute atomic E-state index is 0. The van der Waals surface area contributed by atoms with Crippen LogP contribution in [-0.4, -0.2) is 19.5 Å². The van der Waals surface area contributed by atoms with Crippen molar-refractivity contribution in [1.29, 1.82) is 0 Å². The predicted molar refractivity (Wildman–Crippen MR) is 195 cm³/mol. The third-order valence-corrected chi connectivity index (χ3v) is 8.57. The predicted octanol–water partition coefficient (Wildman–Crippen LogP) is 10.8. The average molecular weight is 813 g/mol. The fraction of sp³-hybridized carbons (Fsp3) is 0.0930. The number of nitrogens with zero attached hydrogens (tertiary/aromatic N) is 4. The Labute approximate surface area is 298 Å². The molecule has 5 nitrogen and oxygen atoms in total. The van der Waals surface area contributed by atoms with Crippen LogP contribution < -0.4 is 0 Å². The van der Waals surface area contributed by atoms with Crippen molar-refractivity contribution in [2.75, 3.05) is 0 Å². The summed E-state index contributed by atoms with van der Waals surface area (Å²) in [4.78, 5) is 14.0. The first-order chi connectivity index (χ1) is 23.5. The van der Waals surface area contributed by atoms with Crippen molar-refractivity contribution in [3.05, 3.63) is 157 Å². The molecule has 0 N–H and O–H groups in total. The summed E-state index contributed by atoms with van der Waals surface area (Å²) in [6.07, 6.45) is 3.64. The Morgan fingerprint density at radius 3 is 2.18 bits per heavy atom. The van der Waals surface area contributed by atoms with Gasteiger partial charge in [-0.1, -0.05) is 98.5 Å². The summed E-state index contributed by atoms with van der Waals surface area (Å²) in [7, 11) is 0. The Bertz CT molecular complexity index is 2500. The van der Waals surface area contributed by atoms with Gasteiger partial charge in [0, 0.05) is 49.0 Å². The van der Waals surface area contributed by atoms with E-state index in [4.69, 9.17) is 9.40 Å². The van der Waals surface area contributed by atoms with Crippen LogP contribution >= 0.6 is 0 Å². The molecule has 1 radical (unpaired) electrons. The third kappa shape index (κ3) is 5.95. The summed E-state index contributed by atoms with van der Waals surface area (Å²) in [5.74, 6) is 0.773. The van der Waals surface area contributed by atoms with Crippen molar-refractivity contribution < 1.29 is 24.5 Å². The number of furan rings is 1. The molecule has 0 spiro atoms. The number of hydrogen-bond donors (Lipinski definition) is 0. The van der Waals surface area contributed by atoms with Gasteiger partial charge in [0.05, 0.1) is 16.9 Å². The summed E-state index contributed by atoms with van der Waals surface area (Å²) in [6.45, 7) is 6.67. The standard InChI is InChI=1S/C32H24N3O.C11H8N.Ir/c1-32(2,3)26-18-19-33-30-27(26)35(21-11-5-4-6-12-21)31(34-30)25-15-9-14-23-24-17-16-20-10-7-8-13-22(20)28(24)36-29(23)25;1-2-6-10(7-3-1)11-8-4-5-9-12-11;/h4-14,16-19H,1-3H3;1-6,8-9H;/q2*-1;. The number of benzene rings is 5. The van der Waals surface area contributed by atoms with Crippen LogP contribution in [0.2, 0.25) is 0 Å². The van der Waals surface area contributed by atoms with Crippen LogP contribution in [0.4, 0.5) is 0 Å². The van der Waals surface area contributed by atoms with E-state index >= 15 is 0 Å². The van der Waals surface area contributed by atoms with Gasteiger partial charge in [0.25, 0.3) is 0 Å². The average Bonchev–Trinajstić information content (AvgIpc) is 3.72. The first kappa shape index (κ1) is 32.1. The van der Waals surface area contributed by atoms with Gasteiger partial charge in [-0.05, 0) is 46.3 Å². The molecule has 0 bridgehead atoms. The monoisotopic (exact) mass is 813 g/mol. The van der Waals surface area contributed by atoms with Gasteiger partial charge in [-0.15, -0.1) is 54.1 Å². The molecule has 0 atom stereocenters. The van der Waals surface area contributed by atoms with Crippen LogP contribution in [0.15, 0.2) is 144 Å². The second-order valence-electron chi connectivity index (χ2n) is 12.7. The Hall–Kier alpha value is -5.42. The van der Waals surface area contributed by atoms with E-state index in [0.717, 1.165) is 66.6 Å². The van der Waals surface area contributed by atoms with Crippen molar-refractivity contribution in [3.63, 3.8) is 0 Å². The molecular formula is C43H32IrN4O-2. The summed E-state index contributed by atoms with van der Waals surface area (Å²) in [6, 6.07) is 49.4. The zero-order valence-corrected chi connectivity index (χ0v) is 29.7. The molecule has 0 unspecified atom stereocenters. The third-order valence-electron chi connectivity index (χ3n) is 8.57. The maximum atomic E-state index is 6.63. The smallest absolute Gasteiger partial charge is 0.168 e. The topological polar surface area (TPSA) is 56.7 Å². The van der Waals surface area contributed by atoms with Gasteiger partial charge in [0.15, 0.2) is 5.65 Å². The minimum Gasteiger partial charge on any atom is -0.500 e. The summed E-state index contributed by atoms with van der Waals surface area (Å²) < 4.78 is 8.84. The van der Waals surface area contributed by atoms with Gasteiger partial charge >= 0.3 is 0 Å². The second-order valence-corrected chi connectivity index (χ2v) is 12.7. The number of para-hydroxylation sites is 1. The van der Waals surface area contributed by atoms with Crippen molar-refractivity contribution in [3.8, 4) is 28.3 Å². The van der Waals surface area contributed by atoms with Crippen LogP contribution in [0.25, 0.3) is 72.2 Å². The van der Waals surface area contributed by atoms with Crippen LogP contribution in [-0.2, 0) is 25.5 Å². The molecule has 0 aliphatic rings. The number of aromatic nitrogens is 4. The number of rotatable bonds is 3. The quantitative estimate of drug-likeness (QED) is 0.167. The summed E-state index contributed by atoms with van der Waals surface area (Å²) in [5.41, 5.74) is 8.38. The molecule has 9 aromatic rings. The number of hydrogen-bond acceptors (Lipinski definition) is 4. The molecule has 5 aromatic carbocycles. The molecule has 4 heterocycles. The molecule has 0 fully saturated rings. The molecule has 0 saturated carbocycles. The fourth-order valence-electron chi connectivity index (χ4n) is 6.31. The van der Waals surface area contributed by atoms with Gasteiger partial charge in [0.2, 0.25) is 0 Å². The van der Waals surface area contributed by atoms with Gasteiger partial charge in [-0.3, -0.25) is 4.98 Å². The van der Waals surface area contributed by atoms with E-state index in [-0.39, 0.29) is 25.5 Å². The SMILES string of the molecule is CC(C)(C)c1ccnc2nc(-c3[c-]ccc4c3oc3c5ccccc5ccc43)n(-c3ccccc3)c12.[Ir].[c-]1ccccc1-c1ccccn1. The van der Waals surface area contributed by atoms with E-state index < -0.39 is 0 Å². The molecular weight excluding hydrogens is 781 g/mol. The Balaban J connectivity index is 0.000000246. The van der Waals surface area contributed by atoms with E-state index in [0.29, 0.717) is 5.65 Å². The minimum atomic E-state index is -0.0843. The van der Waals surface area contributed by atoms with Gasteiger partial charge in [-0.25, -0.2) is 4.98 Å². The number of imidazole rings is 1. The van der Waals surface area contributed by atoms with Gasteiger partial charge < -0.3 is 14.0 Å². The molecule has 6 heteroatoms. The van der Waals surface area contributed by atoms with Crippen LogP contribution in [0.3, 0.4) is 0 Å². The molecule has 241 valence electrons. The molecule has 0 saturated heterocycles. The molecule has 49 heavy (non-hydrogen) atoms. The summed E-state index contributed by atoms with van der Waals surface area (Å²) in [5, 5.41) is 4.41. The van der Waals surface area contributed by atoms with E-state index in [1.807, 2.05) is 60.8 Å². The van der Waals surface area contributed by atoms with Crippen LogP contribution in [0, 0.1) is 12.1 Å². The molecule has 4 aromatic heterocycles. The fourth-order valence-corrected chi connectivity index (χ4v) is 6.31. The van der Waals surface area contributed by atoms with Gasteiger partial charge in [0.1, 0.15) is 5.58 Å². The molecule has 0 amide bonds. The maximum Gasteiger partial charge on any atom is 0.168 e. The van der Waals surface area contributed by atoms with E-state index in [1.54, 1.807) is 6.20 Å².